The van der Waals surface area contributed by atoms with Gasteiger partial charge >= 0.3 is 0 Å². The summed E-state index contributed by atoms with van der Waals surface area (Å²) in [6, 6.07) is 10.1. The molecule has 3 N–H and O–H groups in total. The van der Waals surface area contributed by atoms with Gasteiger partial charge in [-0.15, -0.1) is 0 Å². The molecular weight excluding hydrogens is 226 g/mol. The number of hydrogen-bond acceptors (Lipinski definition) is 3. The van der Waals surface area contributed by atoms with E-state index in [1.807, 2.05) is 30.3 Å². The van der Waals surface area contributed by atoms with Gasteiger partial charge in [-0.1, -0.05) is 18.2 Å². The van der Waals surface area contributed by atoms with Gasteiger partial charge in [0.15, 0.2) is 0 Å². The van der Waals surface area contributed by atoms with Crippen LogP contribution >= 0.6 is 0 Å². The second-order valence-corrected chi connectivity index (χ2v) is 4.57. The smallest absolute Gasteiger partial charge is 0.119 e. The van der Waals surface area contributed by atoms with Crippen LogP contribution in [0.3, 0.4) is 0 Å². The number of benzene rings is 1. The van der Waals surface area contributed by atoms with Crippen molar-refractivity contribution in [3.05, 3.63) is 30.3 Å². The van der Waals surface area contributed by atoms with E-state index in [-0.39, 0.29) is 5.84 Å². The summed E-state index contributed by atoms with van der Waals surface area (Å²) in [7, 11) is 2.05. The molecule has 1 atom stereocenters. The van der Waals surface area contributed by atoms with Gasteiger partial charge < -0.3 is 15.4 Å². The summed E-state index contributed by atoms with van der Waals surface area (Å²) in [6.45, 7) is 3.74. The summed E-state index contributed by atoms with van der Waals surface area (Å²) in [5.41, 5.74) is 5.39. The lowest BCUT2D eigenvalue weighted by Gasteiger charge is -2.24. The highest BCUT2D eigenvalue weighted by Crippen LogP contribution is 2.09. The van der Waals surface area contributed by atoms with Crippen LogP contribution in [0.15, 0.2) is 30.3 Å². The lowest BCUT2D eigenvalue weighted by molar-refractivity contribution is 0.227. The molecule has 0 fully saturated rings. The van der Waals surface area contributed by atoms with E-state index in [9.17, 15) is 0 Å². The van der Waals surface area contributed by atoms with Crippen molar-refractivity contribution in [3.8, 4) is 5.75 Å². The number of amidine groups is 1. The fraction of sp³-hybridized carbons (Fsp3) is 0.500. The van der Waals surface area contributed by atoms with Crippen LogP contribution in [-0.2, 0) is 0 Å². The number of para-hydroxylation sites is 1. The van der Waals surface area contributed by atoms with Crippen molar-refractivity contribution >= 4 is 5.84 Å². The monoisotopic (exact) mass is 249 g/mol. The van der Waals surface area contributed by atoms with Crippen LogP contribution in [0.4, 0.5) is 0 Å². The molecule has 0 spiro atoms. The molecule has 18 heavy (non-hydrogen) atoms. The van der Waals surface area contributed by atoms with Crippen LogP contribution in [-0.4, -0.2) is 37.0 Å². The Labute approximate surface area is 109 Å². The zero-order chi connectivity index (χ0) is 13.4. The molecule has 0 heterocycles. The lowest BCUT2D eigenvalue weighted by atomic mass is 10.2. The number of ether oxygens (including phenoxy) is 1. The number of nitrogens with zero attached hydrogens (tertiary/aromatic N) is 1. The van der Waals surface area contributed by atoms with E-state index >= 15 is 0 Å². The molecule has 1 rings (SSSR count). The molecule has 1 aromatic carbocycles. The molecule has 0 aliphatic rings. The number of hydrogen-bond donors (Lipinski definition) is 2. The third kappa shape index (κ3) is 5.68. The predicted octanol–water partition coefficient (Wildman–Crippen LogP) is 2.10. The first-order chi connectivity index (χ1) is 8.59. The maximum atomic E-state index is 7.27. The number of nitrogens with two attached hydrogens (primary N) is 1. The Morgan fingerprint density at radius 2 is 2.06 bits per heavy atom. The van der Waals surface area contributed by atoms with Crippen molar-refractivity contribution in [2.24, 2.45) is 5.73 Å². The Balaban J connectivity index is 2.16. The van der Waals surface area contributed by atoms with Crippen LogP contribution < -0.4 is 10.5 Å². The molecule has 100 valence electrons. The van der Waals surface area contributed by atoms with E-state index in [1.54, 1.807) is 0 Å². The van der Waals surface area contributed by atoms with Gasteiger partial charge in [-0.05, 0) is 32.5 Å². The first kappa shape index (κ1) is 14.5. The largest absolute Gasteiger partial charge is 0.494 e. The molecule has 0 aromatic heterocycles. The van der Waals surface area contributed by atoms with Crippen molar-refractivity contribution in [2.75, 3.05) is 20.2 Å². The quantitative estimate of drug-likeness (QED) is 0.421. The van der Waals surface area contributed by atoms with Crippen molar-refractivity contribution in [1.29, 1.82) is 5.41 Å². The van der Waals surface area contributed by atoms with Crippen molar-refractivity contribution in [2.45, 2.75) is 25.8 Å². The Morgan fingerprint density at radius 1 is 1.39 bits per heavy atom. The van der Waals surface area contributed by atoms with Crippen LogP contribution in [0.5, 0.6) is 5.75 Å². The van der Waals surface area contributed by atoms with E-state index in [1.165, 1.54) is 0 Å². The lowest BCUT2D eigenvalue weighted by Crippen LogP contribution is -2.34. The minimum atomic E-state index is 0.245. The average molecular weight is 249 g/mol. The molecule has 0 aliphatic carbocycles. The van der Waals surface area contributed by atoms with Crippen molar-refractivity contribution < 1.29 is 4.74 Å². The molecule has 0 saturated heterocycles. The van der Waals surface area contributed by atoms with Gasteiger partial charge in [0.2, 0.25) is 0 Å². The normalized spacial score (nSPS) is 12.4. The third-order valence-electron chi connectivity index (χ3n) is 2.93. The van der Waals surface area contributed by atoms with E-state index in [4.69, 9.17) is 15.9 Å². The molecule has 0 bridgehead atoms. The first-order valence-electron chi connectivity index (χ1n) is 6.30. The summed E-state index contributed by atoms with van der Waals surface area (Å²) in [5, 5.41) is 7.27. The zero-order valence-electron chi connectivity index (χ0n) is 11.2. The summed E-state index contributed by atoms with van der Waals surface area (Å²) < 4.78 is 5.62. The predicted molar refractivity (Wildman–Crippen MR) is 75.2 cm³/mol. The average Bonchev–Trinajstić information content (AvgIpc) is 2.34. The summed E-state index contributed by atoms with van der Waals surface area (Å²) in [6.07, 6.45) is 1.59. The molecule has 1 unspecified atom stereocenters. The summed E-state index contributed by atoms with van der Waals surface area (Å²) in [5.74, 6) is 1.16. The van der Waals surface area contributed by atoms with Gasteiger partial charge in [0, 0.05) is 19.0 Å². The second kappa shape index (κ2) is 7.71. The highest BCUT2D eigenvalue weighted by molar-refractivity contribution is 5.77. The Kier molecular flexibility index (Phi) is 6.22. The number of nitrogens with one attached hydrogen (secondary N) is 1. The van der Waals surface area contributed by atoms with Gasteiger partial charge in [-0.25, -0.2) is 0 Å². The van der Waals surface area contributed by atoms with Crippen LogP contribution in [0.1, 0.15) is 19.8 Å². The molecule has 0 amide bonds. The molecule has 0 radical (unpaired) electrons. The SMILES string of the molecule is CC(CC(=N)N)N(C)CCCOc1ccccc1. The maximum Gasteiger partial charge on any atom is 0.119 e. The number of rotatable bonds is 8. The molecule has 1 aromatic rings. The minimum absolute atomic E-state index is 0.245. The topological polar surface area (TPSA) is 62.3 Å². The van der Waals surface area contributed by atoms with E-state index in [2.05, 4.69) is 18.9 Å². The van der Waals surface area contributed by atoms with Gasteiger partial charge in [0.1, 0.15) is 5.75 Å². The molecule has 4 heteroatoms. The second-order valence-electron chi connectivity index (χ2n) is 4.57. The molecule has 0 saturated carbocycles. The Morgan fingerprint density at radius 3 is 2.67 bits per heavy atom. The van der Waals surface area contributed by atoms with E-state index < -0.39 is 0 Å². The fourth-order valence-electron chi connectivity index (χ4n) is 1.72. The highest BCUT2D eigenvalue weighted by Gasteiger charge is 2.09. The van der Waals surface area contributed by atoms with Crippen LogP contribution in [0.25, 0.3) is 0 Å². The molecule has 4 nitrogen and oxygen atoms in total. The van der Waals surface area contributed by atoms with E-state index in [0.717, 1.165) is 18.7 Å². The highest BCUT2D eigenvalue weighted by atomic mass is 16.5. The summed E-state index contributed by atoms with van der Waals surface area (Å²) >= 11 is 0. The van der Waals surface area contributed by atoms with Crippen LogP contribution in [0.2, 0.25) is 0 Å². The van der Waals surface area contributed by atoms with E-state index in [0.29, 0.717) is 19.1 Å². The van der Waals surface area contributed by atoms with Gasteiger partial charge in [0.25, 0.3) is 0 Å². The molecular formula is C14H23N3O. The van der Waals surface area contributed by atoms with Crippen molar-refractivity contribution in [3.63, 3.8) is 0 Å². The molecule has 0 aliphatic heterocycles. The minimum Gasteiger partial charge on any atom is -0.494 e. The Bertz CT molecular complexity index is 353. The zero-order valence-corrected chi connectivity index (χ0v) is 11.2. The standard InChI is InChI=1S/C14H23N3O/c1-12(11-14(15)16)17(2)9-6-10-18-13-7-4-3-5-8-13/h3-5,7-8,12H,6,9-11H2,1-2H3,(H3,15,16). The first-order valence-corrected chi connectivity index (χ1v) is 6.30. The van der Waals surface area contributed by atoms with Gasteiger partial charge in [-0.3, -0.25) is 5.41 Å². The maximum absolute atomic E-state index is 7.27. The summed E-state index contributed by atoms with van der Waals surface area (Å²) in [4.78, 5) is 2.20. The van der Waals surface area contributed by atoms with Gasteiger partial charge in [-0.2, -0.15) is 0 Å². The Hall–Kier alpha value is -1.55. The van der Waals surface area contributed by atoms with Crippen LogP contribution in [0, 0.1) is 5.41 Å². The fourth-order valence-corrected chi connectivity index (χ4v) is 1.72. The third-order valence-corrected chi connectivity index (χ3v) is 2.93. The van der Waals surface area contributed by atoms with Crippen molar-refractivity contribution in [1.82, 2.24) is 4.90 Å². The van der Waals surface area contributed by atoms with Gasteiger partial charge in [0.05, 0.1) is 12.4 Å².